The summed E-state index contributed by atoms with van der Waals surface area (Å²) in [6, 6.07) is 4.23. The Bertz CT molecular complexity index is 592. The number of methoxy groups -OCH3 is 1. The molecule has 1 atom stereocenters. The monoisotopic (exact) mass is 341 g/mol. The maximum Gasteiger partial charge on any atom is 0.161 e. The van der Waals surface area contributed by atoms with E-state index in [1.807, 2.05) is 13.8 Å². The average molecular weight is 342 g/mol. The summed E-state index contributed by atoms with van der Waals surface area (Å²) in [7, 11) is 1.55. The maximum absolute atomic E-state index is 14.1. The van der Waals surface area contributed by atoms with E-state index in [4.69, 9.17) is 10.5 Å². The van der Waals surface area contributed by atoms with Gasteiger partial charge in [0.05, 0.1) is 19.3 Å². The number of ether oxygens (including phenoxy) is 1. The normalized spacial score (nSPS) is 12.8. The van der Waals surface area contributed by atoms with Crippen molar-refractivity contribution in [1.82, 2.24) is 9.78 Å². The highest BCUT2D eigenvalue weighted by atomic mass is 79.9. The second kappa shape index (κ2) is 5.93. The molecule has 1 aromatic carbocycles. The van der Waals surface area contributed by atoms with Crippen LogP contribution in [0.25, 0.3) is 0 Å². The molecule has 0 saturated carbocycles. The Morgan fingerprint density at radius 2 is 2.10 bits per heavy atom. The van der Waals surface area contributed by atoms with E-state index in [-0.39, 0.29) is 11.9 Å². The Morgan fingerprint density at radius 1 is 1.40 bits per heavy atom. The van der Waals surface area contributed by atoms with Crippen molar-refractivity contribution in [3.63, 3.8) is 0 Å². The third-order valence-electron chi connectivity index (χ3n) is 3.11. The summed E-state index contributed by atoms with van der Waals surface area (Å²) in [6.07, 6.45) is 1.60. The molecule has 0 fully saturated rings. The zero-order valence-corrected chi connectivity index (χ0v) is 13.2. The van der Waals surface area contributed by atoms with Gasteiger partial charge >= 0.3 is 0 Å². The molecule has 2 N–H and O–H groups in total. The third-order valence-corrected chi connectivity index (χ3v) is 3.80. The van der Waals surface area contributed by atoms with E-state index >= 15 is 0 Å². The SMILES string of the molecule is COc1cnn(C(C)C)c1C(N)c1c(F)cccc1Br. The molecule has 0 aliphatic rings. The Morgan fingerprint density at radius 3 is 2.65 bits per heavy atom. The number of nitrogens with two attached hydrogens (primary N) is 1. The fourth-order valence-electron chi connectivity index (χ4n) is 2.16. The zero-order valence-electron chi connectivity index (χ0n) is 11.6. The van der Waals surface area contributed by atoms with Crippen LogP contribution in [0, 0.1) is 5.82 Å². The number of rotatable bonds is 4. The number of aromatic nitrogens is 2. The summed E-state index contributed by atoms with van der Waals surface area (Å²) in [4.78, 5) is 0. The molecule has 1 unspecified atom stereocenters. The van der Waals surface area contributed by atoms with E-state index in [9.17, 15) is 4.39 Å². The minimum Gasteiger partial charge on any atom is -0.493 e. The number of halogens is 2. The van der Waals surface area contributed by atoms with Crippen molar-refractivity contribution < 1.29 is 9.13 Å². The Kier molecular flexibility index (Phi) is 4.45. The van der Waals surface area contributed by atoms with Crippen molar-refractivity contribution in [1.29, 1.82) is 0 Å². The van der Waals surface area contributed by atoms with Gasteiger partial charge < -0.3 is 10.5 Å². The molecule has 4 nitrogen and oxygen atoms in total. The lowest BCUT2D eigenvalue weighted by Crippen LogP contribution is -2.21. The van der Waals surface area contributed by atoms with Crippen LogP contribution in [-0.2, 0) is 0 Å². The van der Waals surface area contributed by atoms with Gasteiger partial charge in [-0.05, 0) is 26.0 Å². The first-order chi connectivity index (χ1) is 9.47. The van der Waals surface area contributed by atoms with Crippen LogP contribution >= 0.6 is 15.9 Å². The molecule has 0 spiro atoms. The van der Waals surface area contributed by atoms with Gasteiger partial charge in [0.15, 0.2) is 5.75 Å². The lowest BCUT2D eigenvalue weighted by Gasteiger charge is -2.19. The summed E-state index contributed by atoms with van der Waals surface area (Å²) in [5.74, 6) is 0.201. The minimum atomic E-state index is -0.662. The quantitative estimate of drug-likeness (QED) is 0.926. The summed E-state index contributed by atoms with van der Waals surface area (Å²) >= 11 is 3.35. The molecule has 6 heteroatoms. The van der Waals surface area contributed by atoms with Crippen LogP contribution in [0.1, 0.15) is 37.2 Å². The van der Waals surface area contributed by atoms with Crippen LogP contribution in [0.2, 0.25) is 0 Å². The summed E-state index contributed by atoms with van der Waals surface area (Å²) < 4.78 is 21.8. The third kappa shape index (κ3) is 2.58. The van der Waals surface area contributed by atoms with Gasteiger partial charge in [-0.1, -0.05) is 22.0 Å². The van der Waals surface area contributed by atoms with E-state index in [0.29, 0.717) is 21.5 Å². The van der Waals surface area contributed by atoms with Gasteiger partial charge in [0.25, 0.3) is 0 Å². The lowest BCUT2D eigenvalue weighted by molar-refractivity contribution is 0.400. The summed E-state index contributed by atoms with van der Waals surface area (Å²) in [5, 5.41) is 4.27. The molecule has 0 aliphatic heterocycles. The molecule has 0 aliphatic carbocycles. The van der Waals surface area contributed by atoms with Crippen LogP contribution in [-0.4, -0.2) is 16.9 Å². The van der Waals surface area contributed by atoms with Gasteiger partial charge in [-0.2, -0.15) is 5.10 Å². The van der Waals surface area contributed by atoms with E-state index in [1.165, 1.54) is 6.07 Å². The molecular weight excluding hydrogens is 325 g/mol. The molecule has 0 bridgehead atoms. The Balaban J connectivity index is 2.58. The molecule has 0 saturated heterocycles. The van der Waals surface area contributed by atoms with E-state index in [0.717, 1.165) is 0 Å². The van der Waals surface area contributed by atoms with Gasteiger partial charge in [-0.25, -0.2) is 4.39 Å². The Labute approximate surface area is 125 Å². The first-order valence-corrected chi connectivity index (χ1v) is 7.07. The largest absolute Gasteiger partial charge is 0.493 e. The second-order valence-corrected chi connectivity index (χ2v) is 5.60. The van der Waals surface area contributed by atoms with Crippen molar-refractivity contribution in [2.75, 3.05) is 7.11 Å². The molecule has 2 rings (SSSR count). The molecule has 20 heavy (non-hydrogen) atoms. The summed E-state index contributed by atoms with van der Waals surface area (Å²) in [6.45, 7) is 3.97. The highest BCUT2D eigenvalue weighted by Crippen LogP contribution is 2.34. The van der Waals surface area contributed by atoms with E-state index in [2.05, 4.69) is 21.0 Å². The highest BCUT2D eigenvalue weighted by Gasteiger charge is 2.25. The number of benzene rings is 1. The first kappa shape index (κ1) is 15.0. The van der Waals surface area contributed by atoms with Crippen molar-refractivity contribution in [3.8, 4) is 5.75 Å². The van der Waals surface area contributed by atoms with Crippen LogP contribution in [0.15, 0.2) is 28.9 Å². The highest BCUT2D eigenvalue weighted by molar-refractivity contribution is 9.10. The van der Waals surface area contributed by atoms with Gasteiger partial charge in [0.1, 0.15) is 11.5 Å². The van der Waals surface area contributed by atoms with Crippen LogP contribution in [0.5, 0.6) is 5.75 Å². The minimum absolute atomic E-state index is 0.102. The Hall–Kier alpha value is -1.40. The van der Waals surface area contributed by atoms with Gasteiger partial charge in [0, 0.05) is 16.1 Å². The molecule has 0 radical (unpaired) electrons. The predicted molar refractivity (Wildman–Crippen MR) is 79.3 cm³/mol. The lowest BCUT2D eigenvalue weighted by atomic mass is 10.0. The zero-order chi connectivity index (χ0) is 14.9. The van der Waals surface area contributed by atoms with Crippen LogP contribution in [0.3, 0.4) is 0 Å². The second-order valence-electron chi connectivity index (χ2n) is 4.75. The van der Waals surface area contributed by atoms with Gasteiger partial charge in [0.2, 0.25) is 0 Å². The number of hydrogen-bond donors (Lipinski definition) is 1. The van der Waals surface area contributed by atoms with Gasteiger partial charge in [-0.15, -0.1) is 0 Å². The topological polar surface area (TPSA) is 53.1 Å². The molecule has 0 amide bonds. The fraction of sp³-hybridized carbons (Fsp3) is 0.357. The molecule has 2 aromatic rings. The average Bonchev–Trinajstić information content (AvgIpc) is 2.82. The standard InChI is InChI=1S/C14H17BrFN3O/c1-8(2)19-14(11(20-3)7-18-19)13(17)12-9(15)5-4-6-10(12)16/h4-8,13H,17H2,1-3H3. The maximum atomic E-state index is 14.1. The summed E-state index contributed by atoms with van der Waals surface area (Å²) in [5.41, 5.74) is 7.32. The van der Waals surface area contributed by atoms with Crippen molar-refractivity contribution in [2.24, 2.45) is 5.73 Å². The van der Waals surface area contributed by atoms with E-state index in [1.54, 1.807) is 30.1 Å². The first-order valence-electron chi connectivity index (χ1n) is 6.28. The predicted octanol–water partition coefficient (Wildman–Crippen LogP) is 3.42. The van der Waals surface area contributed by atoms with Crippen LogP contribution < -0.4 is 10.5 Å². The number of nitrogens with zero attached hydrogens (tertiary/aromatic N) is 2. The van der Waals surface area contributed by atoms with Crippen LogP contribution in [0.4, 0.5) is 4.39 Å². The molecule has 1 aromatic heterocycles. The number of hydrogen-bond acceptors (Lipinski definition) is 3. The van der Waals surface area contributed by atoms with Crippen molar-refractivity contribution in [3.05, 3.63) is 45.9 Å². The van der Waals surface area contributed by atoms with E-state index < -0.39 is 6.04 Å². The smallest absolute Gasteiger partial charge is 0.161 e. The van der Waals surface area contributed by atoms with Crippen molar-refractivity contribution in [2.45, 2.75) is 25.9 Å². The molecule has 108 valence electrons. The van der Waals surface area contributed by atoms with Crippen molar-refractivity contribution >= 4 is 15.9 Å². The van der Waals surface area contributed by atoms with Gasteiger partial charge in [-0.3, -0.25) is 4.68 Å². The fourth-order valence-corrected chi connectivity index (χ4v) is 2.75. The molecule has 1 heterocycles. The molecular formula is C14H17BrFN3O.